The van der Waals surface area contributed by atoms with Gasteiger partial charge >= 0.3 is 0 Å². The van der Waals surface area contributed by atoms with Gasteiger partial charge in [-0.3, -0.25) is 0 Å². The summed E-state index contributed by atoms with van der Waals surface area (Å²) in [5.41, 5.74) is 0. The molecule has 2 aliphatic rings. The standard InChI is InChI=1S/C14H28N2O/c1-15-11-5-3-7-13(9-11)17-14-8-4-6-12(10-14)16-2/h11-16H,3-10H2,1-2H3. The molecule has 0 aromatic carbocycles. The molecule has 0 aromatic heterocycles. The van der Waals surface area contributed by atoms with E-state index in [1.54, 1.807) is 0 Å². The fraction of sp³-hybridized carbons (Fsp3) is 1.00. The molecule has 0 spiro atoms. The minimum atomic E-state index is 0.502. The summed E-state index contributed by atoms with van der Waals surface area (Å²) in [4.78, 5) is 0. The summed E-state index contributed by atoms with van der Waals surface area (Å²) in [7, 11) is 4.15. The molecular weight excluding hydrogens is 212 g/mol. The fourth-order valence-electron chi connectivity index (χ4n) is 3.33. The first-order valence-electron chi connectivity index (χ1n) is 7.31. The average molecular weight is 240 g/mol. The second kappa shape index (κ2) is 6.72. The van der Waals surface area contributed by atoms with E-state index in [-0.39, 0.29) is 0 Å². The van der Waals surface area contributed by atoms with Crippen LogP contribution in [0.3, 0.4) is 0 Å². The van der Waals surface area contributed by atoms with Crippen molar-refractivity contribution < 1.29 is 4.74 Å². The predicted octanol–water partition coefficient (Wildman–Crippen LogP) is 2.06. The van der Waals surface area contributed by atoms with E-state index < -0.39 is 0 Å². The Balaban J connectivity index is 1.75. The fourth-order valence-corrected chi connectivity index (χ4v) is 3.33. The molecule has 17 heavy (non-hydrogen) atoms. The summed E-state index contributed by atoms with van der Waals surface area (Å²) in [5.74, 6) is 0. The number of rotatable bonds is 4. The van der Waals surface area contributed by atoms with Gasteiger partial charge in [0.25, 0.3) is 0 Å². The summed E-state index contributed by atoms with van der Waals surface area (Å²) in [6.45, 7) is 0. The maximum atomic E-state index is 6.32. The first kappa shape index (κ1) is 13.3. The van der Waals surface area contributed by atoms with Crippen LogP contribution in [0.1, 0.15) is 51.4 Å². The average Bonchev–Trinajstić information content (AvgIpc) is 2.39. The second-order valence-electron chi connectivity index (χ2n) is 5.68. The highest BCUT2D eigenvalue weighted by Gasteiger charge is 2.27. The van der Waals surface area contributed by atoms with Crippen molar-refractivity contribution in [2.75, 3.05) is 14.1 Å². The molecule has 0 aromatic rings. The van der Waals surface area contributed by atoms with Crippen LogP contribution in [0.5, 0.6) is 0 Å². The van der Waals surface area contributed by atoms with Crippen molar-refractivity contribution in [3.63, 3.8) is 0 Å². The minimum Gasteiger partial charge on any atom is -0.375 e. The highest BCUT2D eigenvalue weighted by Crippen LogP contribution is 2.27. The molecular formula is C14H28N2O. The van der Waals surface area contributed by atoms with Crippen molar-refractivity contribution in [3.05, 3.63) is 0 Å². The molecule has 2 aliphatic carbocycles. The first-order valence-corrected chi connectivity index (χ1v) is 7.31. The van der Waals surface area contributed by atoms with Gasteiger partial charge < -0.3 is 15.4 Å². The van der Waals surface area contributed by atoms with Crippen LogP contribution in [-0.4, -0.2) is 38.4 Å². The zero-order chi connectivity index (χ0) is 12.1. The van der Waals surface area contributed by atoms with Gasteiger partial charge in [-0.15, -0.1) is 0 Å². The van der Waals surface area contributed by atoms with Gasteiger partial charge in [0.15, 0.2) is 0 Å². The second-order valence-corrected chi connectivity index (χ2v) is 5.68. The van der Waals surface area contributed by atoms with Crippen LogP contribution in [0, 0.1) is 0 Å². The molecule has 2 fully saturated rings. The van der Waals surface area contributed by atoms with E-state index in [4.69, 9.17) is 4.74 Å². The Kier molecular flexibility index (Phi) is 5.26. The molecule has 2 rings (SSSR count). The zero-order valence-corrected chi connectivity index (χ0v) is 11.4. The smallest absolute Gasteiger partial charge is 0.0593 e. The van der Waals surface area contributed by atoms with E-state index in [0.717, 1.165) is 0 Å². The Hall–Kier alpha value is -0.120. The summed E-state index contributed by atoms with van der Waals surface area (Å²) >= 11 is 0. The van der Waals surface area contributed by atoms with Crippen LogP contribution >= 0.6 is 0 Å². The lowest BCUT2D eigenvalue weighted by Gasteiger charge is -2.35. The summed E-state index contributed by atoms with van der Waals surface area (Å²) in [6.07, 6.45) is 11.2. The molecule has 0 heterocycles. The van der Waals surface area contributed by atoms with E-state index in [0.29, 0.717) is 24.3 Å². The van der Waals surface area contributed by atoms with Gasteiger partial charge in [-0.2, -0.15) is 0 Å². The highest BCUT2D eigenvalue weighted by atomic mass is 16.5. The quantitative estimate of drug-likeness (QED) is 0.789. The molecule has 0 aliphatic heterocycles. The van der Waals surface area contributed by atoms with Gasteiger partial charge in [-0.1, -0.05) is 0 Å². The minimum absolute atomic E-state index is 0.502. The van der Waals surface area contributed by atoms with Gasteiger partial charge in [0.2, 0.25) is 0 Å². The molecule has 4 atom stereocenters. The SMILES string of the molecule is CNC1CCCC(OC2CCCC(NC)C2)C1. The van der Waals surface area contributed by atoms with Crippen molar-refractivity contribution in [2.45, 2.75) is 75.7 Å². The molecule has 100 valence electrons. The number of hydrogen-bond donors (Lipinski definition) is 2. The number of hydrogen-bond acceptors (Lipinski definition) is 3. The Labute approximate surface area is 106 Å². The Morgan fingerprint density at radius 3 is 1.65 bits per heavy atom. The van der Waals surface area contributed by atoms with Crippen molar-refractivity contribution in [2.24, 2.45) is 0 Å². The monoisotopic (exact) mass is 240 g/mol. The molecule has 3 heteroatoms. The van der Waals surface area contributed by atoms with Crippen molar-refractivity contribution in [1.29, 1.82) is 0 Å². The Morgan fingerprint density at radius 1 is 0.765 bits per heavy atom. The van der Waals surface area contributed by atoms with Crippen LogP contribution in [0.15, 0.2) is 0 Å². The maximum Gasteiger partial charge on any atom is 0.0593 e. The van der Waals surface area contributed by atoms with Crippen LogP contribution < -0.4 is 10.6 Å². The molecule has 2 N–H and O–H groups in total. The largest absolute Gasteiger partial charge is 0.375 e. The van der Waals surface area contributed by atoms with E-state index in [2.05, 4.69) is 24.7 Å². The summed E-state index contributed by atoms with van der Waals surface area (Å²) in [5, 5.41) is 6.80. The predicted molar refractivity (Wildman–Crippen MR) is 71.3 cm³/mol. The van der Waals surface area contributed by atoms with Gasteiger partial charge in [-0.05, 0) is 65.5 Å². The van der Waals surface area contributed by atoms with Crippen LogP contribution in [-0.2, 0) is 4.74 Å². The van der Waals surface area contributed by atoms with E-state index >= 15 is 0 Å². The lowest BCUT2D eigenvalue weighted by molar-refractivity contribution is -0.0540. The first-order chi connectivity index (χ1) is 8.31. The summed E-state index contributed by atoms with van der Waals surface area (Å²) in [6, 6.07) is 1.36. The van der Waals surface area contributed by atoms with E-state index in [1.807, 2.05) is 0 Å². The Morgan fingerprint density at radius 2 is 1.24 bits per heavy atom. The molecule has 0 saturated heterocycles. The van der Waals surface area contributed by atoms with Crippen molar-refractivity contribution >= 4 is 0 Å². The summed E-state index contributed by atoms with van der Waals surface area (Å²) < 4.78 is 6.32. The van der Waals surface area contributed by atoms with Crippen molar-refractivity contribution in [1.82, 2.24) is 10.6 Å². The van der Waals surface area contributed by atoms with Gasteiger partial charge in [0.05, 0.1) is 12.2 Å². The molecule has 4 unspecified atom stereocenters. The Bertz CT molecular complexity index is 200. The molecule has 2 saturated carbocycles. The van der Waals surface area contributed by atoms with Crippen LogP contribution in [0.2, 0.25) is 0 Å². The van der Waals surface area contributed by atoms with Gasteiger partial charge in [0, 0.05) is 12.1 Å². The van der Waals surface area contributed by atoms with Crippen molar-refractivity contribution in [3.8, 4) is 0 Å². The number of nitrogens with one attached hydrogen (secondary N) is 2. The van der Waals surface area contributed by atoms with Gasteiger partial charge in [-0.25, -0.2) is 0 Å². The van der Waals surface area contributed by atoms with Crippen LogP contribution in [0.25, 0.3) is 0 Å². The zero-order valence-electron chi connectivity index (χ0n) is 11.4. The lowest BCUT2D eigenvalue weighted by Crippen LogP contribution is -2.40. The number of ether oxygens (including phenoxy) is 1. The van der Waals surface area contributed by atoms with Gasteiger partial charge in [0.1, 0.15) is 0 Å². The molecule has 0 amide bonds. The van der Waals surface area contributed by atoms with Crippen LogP contribution in [0.4, 0.5) is 0 Å². The highest BCUT2D eigenvalue weighted by molar-refractivity contribution is 4.81. The molecule has 0 radical (unpaired) electrons. The third kappa shape index (κ3) is 3.94. The molecule has 0 bridgehead atoms. The third-order valence-corrected chi connectivity index (χ3v) is 4.45. The van der Waals surface area contributed by atoms with E-state index in [1.165, 1.54) is 51.4 Å². The lowest BCUT2D eigenvalue weighted by atomic mass is 9.90. The topological polar surface area (TPSA) is 33.3 Å². The maximum absolute atomic E-state index is 6.32. The third-order valence-electron chi connectivity index (χ3n) is 4.45. The normalized spacial score (nSPS) is 39.2. The molecule has 3 nitrogen and oxygen atoms in total. The van der Waals surface area contributed by atoms with E-state index in [9.17, 15) is 0 Å².